The third-order valence-electron chi connectivity index (χ3n) is 2.93. The summed E-state index contributed by atoms with van der Waals surface area (Å²) in [7, 11) is -0.0601. The molecule has 6 heteroatoms. The van der Waals surface area contributed by atoms with E-state index >= 15 is 0 Å². The van der Waals surface area contributed by atoms with Crippen molar-refractivity contribution < 1.29 is 13.2 Å². The number of ether oxygens (including phenoxy) is 1. The van der Waals surface area contributed by atoms with Gasteiger partial charge in [0.15, 0.2) is 0 Å². The minimum absolute atomic E-state index is 0.161. The maximum Gasteiger partial charge on any atom is 0.240 e. The van der Waals surface area contributed by atoms with Gasteiger partial charge in [0, 0.05) is 19.7 Å². The predicted octanol–water partition coefficient (Wildman–Crippen LogP) is 1.28. The maximum atomic E-state index is 12.1. The van der Waals surface area contributed by atoms with Crippen LogP contribution < -0.4 is 10.0 Å². The van der Waals surface area contributed by atoms with Crippen LogP contribution in [0.3, 0.4) is 0 Å². The molecule has 108 valence electrons. The fourth-order valence-corrected chi connectivity index (χ4v) is 2.93. The van der Waals surface area contributed by atoms with Crippen molar-refractivity contribution >= 4 is 10.0 Å². The summed E-state index contributed by atoms with van der Waals surface area (Å²) in [5.41, 5.74) is 0.972. The summed E-state index contributed by atoms with van der Waals surface area (Å²) in [6.45, 7) is 2.68. The van der Waals surface area contributed by atoms with E-state index in [-0.39, 0.29) is 17.5 Å². The Balaban J connectivity index is 2.92. The molecule has 2 N–H and O–H groups in total. The molecular formula is C13H22N2O3S. The molecule has 0 saturated carbocycles. The van der Waals surface area contributed by atoms with Crippen LogP contribution in [0.25, 0.3) is 0 Å². The van der Waals surface area contributed by atoms with Crippen LogP contribution >= 0.6 is 0 Å². The van der Waals surface area contributed by atoms with Gasteiger partial charge < -0.3 is 10.1 Å². The van der Waals surface area contributed by atoms with Crippen LogP contribution in [0.15, 0.2) is 29.2 Å². The number of rotatable bonds is 8. The quantitative estimate of drug-likeness (QED) is 0.707. The summed E-state index contributed by atoms with van der Waals surface area (Å²) in [5, 5.41) is 3.16. The topological polar surface area (TPSA) is 67.4 Å². The number of methoxy groups -OCH3 is 1. The zero-order chi connectivity index (χ0) is 14.3. The zero-order valence-corrected chi connectivity index (χ0v) is 12.5. The van der Waals surface area contributed by atoms with Crippen LogP contribution in [0.5, 0.6) is 0 Å². The van der Waals surface area contributed by atoms with E-state index in [1.807, 2.05) is 13.1 Å². The van der Waals surface area contributed by atoms with Crippen molar-refractivity contribution in [2.45, 2.75) is 24.3 Å². The molecule has 0 aliphatic rings. The largest absolute Gasteiger partial charge is 0.383 e. The molecule has 0 saturated heterocycles. The molecule has 0 aliphatic carbocycles. The number of hydrogen-bond acceptors (Lipinski definition) is 4. The lowest BCUT2D eigenvalue weighted by atomic mass is 10.1. The average Bonchev–Trinajstić information content (AvgIpc) is 2.41. The van der Waals surface area contributed by atoms with E-state index in [0.29, 0.717) is 6.61 Å². The second kappa shape index (κ2) is 7.59. The molecule has 0 fully saturated rings. The summed E-state index contributed by atoms with van der Waals surface area (Å²) in [6.07, 6.45) is 0.900. The van der Waals surface area contributed by atoms with Crippen LogP contribution in [-0.4, -0.2) is 35.7 Å². The summed E-state index contributed by atoms with van der Waals surface area (Å²) >= 11 is 0. The standard InChI is InChI=1S/C13H22N2O3S/c1-4-13(14-2)11-6-5-7-12(10-11)19(16,17)15-8-9-18-3/h5-7,10,13-15H,4,8-9H2,1-3H3. The van der Waals surface area contributed by atoms with Crippen LogP contribution in [0.4, 0.5) is 0 Å². The van der Waals surface area contributed by atoms with Gasteiger partial charge in [-0.05, 0) is 31.2 Å². The number of hydrogen-bond donors (Lipinski definition) is 2. The van der Waals surface area contributed by atoms with Crippen LogP contribution in [-0.2, 0) is 14.8 Å². The lowest BCUT2D eigenvalue weighted by Crippen LogP contribution is -2.27. The van der Waals surface area contributed by atoms with Crippen LogP contribution in [0.1, 0.15) is 24.9 Å². The third-order valence-corrected chi connectivity index (χ3v) is 4.38. The first-order valence-corrected chi connectivity index (χ1v) is 7.79. The number of nitrogens with one attached hydrogen (secondary N) is 2. The normalized spacial score (nSPS) is 13.4. The third kappa shape index (κ3) is 4.58. The predicted molar refractivity (Wildman–Crippen MR) is 75.6 cm³/mol. The molecule has 0 aromatic heterocycles. The second-order valence-corrected chi connectivity index (χ2v) is 5.98. The lowest BCUT2D eigenvalue weighted by molar-refractivity contribution is 0.204. The summed E-state index contributed by atoms with van der Waals surface area (Å²) in [4.78, 5) is 0.287. The van der Waals surface area contributed by atoms with Gasteiger partial charge in [-0.3, -0.25) is 0 Å². The maximum absolute atomic E-state index is 12.1. The molecule has 0 spiro atoms. The number of sulfonamides is 1. The summed E-state index contributed by atoms with van der Waals surface area (Å²) in [5.74, 6) is 0. The zero-order valence-electron chi connectivity index (χ0n) is 11.6. The van der Waals surface area contributed by atoms with Crippen LogP contribution in [0.2, 0.25) is 0 Å². The van der Waals surface area contributed by atoms with E-state index in [4.69, 9.17) is 4.74 Å². The minimum Gasteiger partial charge on any atom is -0.383 e. The summed E-state index contributed by atoms with van der Waals surface area (Å²) in [6, 6.07) is 7.16. The molecule has 0 amide bonds. The Morgan fingerprint density at radius 3 is 2.68 bits per heavy atom. The molecule has 0 bridgehead atoms. The van der Waals surface area contributed by atoms with Crippen molar-refractivity contribution in [3.8, 4) is 0 Å². The highest BCUT2D eigenvalue weighted by atomic mass is 32.2. The Bertz CT molecular complexity index is 484. The van der Waals surface area contributed by atoms with Gasteiger partial charge in [0.25, 0.3) is 0 Å². The molecule has 0 aliphatic heterocycles. The van der Waals surface area contributed by atoms with Gasteiger partial charge in [-0.15, -0.1) is 0 Å². The van der Waals surface area contributed by atoms with Gasteiger partial charge in [0.05, 0.1) is 11.5 Å². The van der Waals surface area contributed by atoms with Gasteiger partial charge in [-0.25, -0.2) is 13.1 Å². The van der Waals surface area contributed by atoms with E-state index in [9.17, 15) is 8.42 Å². The highest BCUT2D eigenvalue weighted by Crippen LogP contribution is 2.19. The molecule has 0 radical (unpaired) electrons. The Labute approximate surface area is 115 Å². The highest BCUT2D eigenvalue weighted by molar-refractivity contribution is 7.89. The van der Waals surface area contributed by atoms with E-state index in [0.717, 1.165) is 12.0 Å². The van der Waals surface area contributed by atoms with Crippen molar-refractivity contribution in [2.75, 3.05) is 27.3 Å². The Morgan fingerprint density at radius 2 is 2.11 bits per heavy atom. The fraction of sp³-hybridized carbons (Fsp3) is 0.538. The Kier molecular flexibility index (Phi) is 6.44. The molecular weight excluding hydrogens is 264 g/mol. The highest BCUT2D eigenvalue weighted by Gasteiger charge is 2.15. The SMILES string of the molecule is CCC(NC)c1cccc(S(=O)(=O)NCCOC)c1. The minimum atomic E-state index is -3.46. The molecule has 1 aromatic rings. The van der Waals surface area contributed by atoms with Crippen molar-refractivity contribution in [3.05, 3.63) is 29.8 Å². The summed E-state index contributed by atoms with van der Waals surface area (Å²) < 4.78 is 31.5. The van der Waals surface area contributed by atoms with Crippen molar-refractivity contribution in [1.82, 2.24) is 10.0 Å². The molecule has 1 rings (SSSR count). The van der Waals surface area contributed by atoms with Crippen molar-refractivity contribution in [2.24, 2.45) is 0 Å². The van der Waals surface area contributed by atoms with E-state index in [1.165, 1.54) is 7.11 Å². The first kappa shape index (κ1) is 16.1. The van der Waals surface area contributed by atoms with Gasteiger partial charge in [-0.1, -0.05) is 19.1 Å². The van der Waals surface area contributed by atoms with Gasteiger partial charge in [0.1, 0.15) is 0 Å². The molecule has 1 unspecified atom stereocenters. The molecule has 1 aromatic carbocycles. The molecule has 0 heterocycles. The molecule has 1 atom stereocenters. The van der Waals surface area contributed by atoms with Crippen LogP contribution in [0, 0.1) is 0 Å². The smallest absolute Gasteiger partial charge is 0.240 e. The van der Waals surface area contributed by atoms with Gasteiger partial charge in [0.2, 0.25) is 10.0 Å². The molecule has 19 heavy (non-hydrogen) atoms. The Morgan fingerprint density at radius 1 is 1.37 bits per heavy atom. The molecule has 5 nitrogen and oxygen atoms in total. The first-order valence-electron chi connectivity index (χ1n) is 6.31. The lowest BCUT2D eigenvalue weighted by Gasteiger charge is -2.15. The van der Waals surface area contributed by atoms with Crippen molar-refractivity contribution in [1.29, 1.82) is 0 Å². The van der Waals surface area contributed by atoms with Gasteiger partial charge in [-0.2, -0.15) is 0 Å². The van der Waals surface area contributed by atoms with E-state index < -0.39 is 10.0 Å². The average molecular weight is 286 g/mol. The first-order chi connectivity index (χ1) is 9.05. The van der Waals surface area contributed by atoms with Gasteiger partial charge >= 0.3 is 0 Å². The Hall–Kier alpha value is -0.950. The second-order valence-electron chi connectivity index (χ2n) is 4.21. The number of benzene rings is 1. The van der Waals surface area contributed by atoms with E-state index in [2.05, 4.69) is 17.0 Å². The fourth-order valence-electron chi connectivity index (χ4n) is 1.87. The van der Waals surface area contributed by atoms with Crippen molar-refractivity contribution in [3.63, 3.8) is 0 Å². The monoisotopic (exact) mass is 286 g/mol. The van der Waals surface area contributed by atoms with E-state index in [1.54, 1.807) is 18.2 Å².